The van der Waals surface area contributed by atoms with Crippen molar-refractivity contribution in [2.24, 2.45) is 0 Å². The molecule has 0 unspecified atom stereocenters. The second-order valence-corrected chi connectivity index (χ2v) is 7.58. The largest absolute Gasteiger partial charge is 0.376 e. The van der Waals surface area contributed by atoms with Gasteiger partial charge >= 0.3 is 0 Å². The van der Waals surface area contributed by atoms with E-state index in [2.05, 4.69) is 27.3 Å². The number of carbonyl (C=O) groups is 1. The Hall–Kier alpha value is -2.25. The molecule has 1 aromatic heterocycles. The predicted molar refractivity (Wildman–Crippen MR) is 100 cm³/mol. The predicted octanol–water partition coefficient (Wildman–Crippen LogP) is 1.96. The molecule has 27 heavy (non-hydrogen) atoms. The summed E-state index contributed by atoms with van der Waals surface area (Å²) in [6, 6.07) is 8.54. The van der Waals surface area contributed by atoms with Crippen molar-refractivity contribution in [3.8, 4) is 11.4 Å². The van der Waals surface area contributed by atoms with E-state index >= 15 is 0 Å². The maximum atomic E-state index is 12.3. The SMILES string of the molecule is Cc1ccccc1-c1noc(CCC(=O)N[C@@H]2C[C@H]3CO[C@@H](C)CN3C2)n1. The number of aromatic nitrogens is 2. The summed E-state index contributed by atoms with van der Waals surface area (Å²) in [6.07, 6.45) is 2.03. The molecule has 1 N–H and O–H groups in total. The van der Waals surface area contributed by atoms with Gasteiger partial charge < -0.3 is 14.6 Å². The molecular formula is C20H26N4O3. The van der Waals surface area contributed by atoms with Crippen LogP contribution in [0.1, 0.15) is 31.2 Å². The normalized spacial score (nSPS) is 25.3. The molecule has 0 saturated carbocycles. The van der Waals surface area contributed by atoms with Crippen molar-refractivity contribution in [3.05, 3.63) is 35.7 Å². The van der Waals surface area contributed by atoms with Gasteiger partial charge in [-0.15, -0.1) is 0 Å². The number of fused-ring (bicyclic) bond motifs is 1. The van der Waals surface area contributed by atoms with Gasteiger partial charge in [0.2, 0.25) is 17.6 Å². The summed E-state index contributed by atoms with van der Waals surface area (Å²) in [7, 11) is 0. The first-order chi connectivity index (χ1) is 13.1. The van der Waals surface area contributed by atoms with Crippen LogP contribution >= 0.6 is 0 Å². The Morgan fingerprint density at radius 2 is 2.19 bits per heavy atom. The molecule has 7 heteroatoms. The topological polar surface area (TPSA) is 80.5 Å². The highest BCUT2D eigenvalue weighted by atomic mass is 16.5. The number of nitrogens with zero attached hydrogens (tertiary/aromatic N) is 3. The van der Waals surface area contributed by atoms with Crippen molar-refractivity contribution in [3.63, 3.8) is 0 Å². The monoisotopic (exact) mass is 370 g/mol. The summed E-state index contributed by atoms with van der Waals surface area (Å²) in [6.45, 7) is 6.72. The van der Waals surface area contributed by atoms with Crippen molar-refractivity contribution in [2.45, 2.75) is 51.3 Å². The maximum Gasteiger partial charge on any atom is 0.227 e. The second kappa shape index (κ2) is 7.78. The van der Waals surface area contributed by atoms with Gasteiger partial charge in [-0.3, -0.25) is 9.69 Å². The number of ether oxygens (including phenoxy) is 1. The van der Waals surface area contributed by atoms with E-state index in [1.165, 1.54) is 0 Å². The van der Waals surface area contributed by atoms with Gasteiger partial charge in [0.15, 0.2) is 0 Å². The molecule has 144 valence electrons. The molecule has 0 bridgehead atoms. The van der Waals surface area contributed by atoms with E-state index in [-0.39, 0.29) is 18.1 Å². The number of hydrogen-bond donors (Lipinski definition) is 1. The number of nitrogens with one attached hydrogen (secondary N) is 1. The van der Waals surface area contributed by atoms with Crippen molar-refractivity contribution in [1.29, 1.82) is 0 Å². The third kappa shape index (κ3) is 4.20. The van der Waals surface area contributed by atoms with Crippen LogP contribution in [0.4, 0.5) is 0 Å². The molecular weight excluding hydrogens is 344 g/mol. The van der Waals surface area contributed by atoms with E-state index in [4.69, 9.17) is 9.26 Å². The van der Waals surface area contributed by atoms with Crippen LogP contribution in [-0.4, -0.2) is 58.8 Å². The fourth-order valence-corrected chi connectivity index (χ4v) is 3.95. The van der Waals surface area contributed by atoms with Crippen molar-refractivity contribution in [1.82, 2.24) is 20.4 Å². The average Bonchev–Trinajstić information content (AvgIpc) is 3.26. The number of morpholine rings is 1. The van der Waals surface area contributed by atoms with Gasteiger partial charge in [0.1, 0.15) is 0 Å². The Labute approximate surface area is 159 Å². The minimum absolute atomic E-state index is 0.0319. The van der Waals surface area contributed by atoms with Crippen LogP contribution in [0.15, 0.2) is 28.8 Å². The molecule has 2 saturated heterocycles. The molecule has 0 radical (unpaired) electrons. The Morgan fingerprint density at radius 1 is 1.33 bits per heavy atom. The zero-order chi connectivity index (χ0) is 18.8. The van der Waals surface area contributed by atoms with Crippen molar-refractivity contribution >= 4 is 5.91 Å². The molecule has 3 atom stereocenters. The van der Waals surface area contributed by atoms with Crippen LogP contribution in [0.3, 0.4) is 0 Å². The molecule has 3 heterocycles. The molecule has 2 aliphatic rings. The Bertz CT molecular complexity index is 806. The minimum Gasteiger partial charge on any atom is -0.376 e. The number of aryl methyl sites for hydroxylation is 2. The number of rotatable bonds is 5. The van der Waals surface area contributed by atoms with Crippen LogP contribution in [0.5, 0.6) is 0 Å². The van der Waals surface area contributed by atoms with E-state index in [0.717, 1.165) is 37.2 Å². The molecule has 0 aliphatic carbocycles. The van der Waals surface area contributed by atoms with Crippen LogP contribution < -0.4 is 5.32 Å². The molecule has 2 aromatic rings. The second-order valence-electron chi connectivity index (χ2n) is 7.58. The molecule has 2 aliphatic heterocycles. The zero-order valence-electron chi connectivity index (χ0n) is 15.9. The van der Waals surface area contributed by atoms with E-state index < -0.39 is 0 Å². The van der Waals surface area contributed by atoms with Gasteiger partial charge in [-0.1, -0.05) is 29.4 Å². The van der Waals surface area contributed by atoms with E-state index in [1.54, 1.807) is 0 Å². The molecule has 0 spiro atoms. The molecule has 2 fully saturated rings. The third-order valence-electron chi connectivity index (χ3n) is 5.38. The Balaban J connectivity index is 1.27. The maximum absolute atomic E-state index is 12.3. The average molecular weight is 370 g/mol. The number of hydrogen-bond acceptors (Lipinski definition) is 6. The molecule has 1 amide bonds. The van der Waals surface area contributed by atoms with Crippen molar-refractivity contribution < 1.29 is 14.1 Å². The first-order valence-electron chi connectivity index (χ1n) is 9.62. The first-order valence-corrected chi connectivity index (χ1v) is 9.62. The van der Waals surface area contributed by atoms with Gasteiger partial charge in [0.25, 0.3) is 0 Å². The number of benzene rings is 1. The van der Waals surface area contributed by atoms with Crippen molar-refractivity contribution in [2.75, 3.05) is 19.7 Å². The van der Waals surface area contributed by atoms with Gasteiger partial charge in [-0.2, -0.15) is 4.98 Å². The molecule has 7 nitrogen and oxygen atoms in total. The number of carbonyl (C=O) groups excluding carboxylic acids is 1. The van der Waals surface area contributed by atoms with Gasteiger partial charge in [-0.25, -0.2) is 0 Å². The summed E-state index contributed by atoms with van der Waals surface area (Å²) in [5.41, 5.74) is 2.05. The molecule has 4 rings (SSSR count). The third-order valence-corrected chi connectivity index (χ3v) is 5.38. The summed E-state index contributed by atoms with van der Waals surface area (Å²) < 4.78 is 11.0. The number of amides is 1. The van der Waals surface area contributed by atoms with E-state index in [1.807, 2.05) is 31.2 Å². The van der Waals surface area contributed by atoms with Gasteiger partial charge in [-0.05, 0) is 25.8 Å². The van der Waals surface area contributed by atoms with Crippen LogP contribution in [0, 0.1) is 6.92 Å². The highest BCUT2D eigenvalue weighted by Gasteiger charge is 2.36. The fourth-order valence-electron chi connectivity index (χ4n) is 3.95. The summed E-state index contributed by atoms with van der Waals surface area (Å²) in [5.74, 6) is 1.10. The lowest BCUT2D eigenvalue weighted by atomic mass is 10.1. The standard InChI is InChI=1S/C20H26N4O3/c1-13-5-3-4-6-17(13)20-22-19(27-23-20)8-7-18(25)21-15-9-16-12-26-14(2)10-24(16)11-15/h3-6,14-16H,7-12H2,1-2H3,(H,21,25)/t14-,15+,16-/m0/s1. The summed E-state index contributed by atoms with van der Waals surface area (Å²) >= 11 is 0. The quantitative estimate of drug-likeness (QED) is 0.867. The van der Waals surface area contributed by atoms with Crippen LogP contribution in [-0.2, 0) is 16.0 Å². The van der Waals surface area contributed by atoms with E-state index in [0.29, 0.717) is 30.6 Å². The zero-order valence-corrected chi connectivity index (χ0v) is 15.9. The Morgan fingerprint density at radius 3 is 3.04 bits per heavy atom. The lowest BCUT2D eigenvalue weighted by Crippen LogP contribution is -2.45. The minimum atomic E-state index is 0.0319. The lowest BCUT2D eigenvalue weighted by Gasteiger charge is -2.33. The fraction of sp³-hybridized carbons (Fsp3) is 0.550. The highest BCUT2D eigenvalue weighted by Crippen LogP contribution is 2.23. The molecule has 1 aromatic carbocycles. The van der Waals surface area contributed by atoms with E-state index in [9.17, 15) is 4.79 Å². The van der Waals surface area contributed by atoms with Crippen LogP contribution in [0.2, 0.25) is 0 Å². The highest BCUT2D eigenvalue weighted by molar-refractivity contribution is 5.76. The van der Waals surface area contributed by atoms with Gasteiger partial charge in [0, 0.05) is 43.6 Å². The van der Waals surface area contributed by atoms with Crippen LogP contribution in [0.25, 0.3) is 11.4 Å². The summed E-state index contributed by atoms with van der Waals surface area (Å²) in [4.78, 5) is 19.2. The van der Waals surface area contributed by atoms with Gasteiger partial charge in [0.05, 0.1) is 12.7 Å². The Kier molecular flexibility index (Phi) is 5.22. The smallest absolute Gasteiger partial charge is 0.227 e. The lowest BCUT2D eigenvalue weighted by molar-refractivity contribution is -0.121. The summed E-state index contributed by atoms with van der Waals surface area (Å²) in [5, 5.41) is 7.19. The first kappa shape index (κ1) is 18.1.